The second kappa shape index (κ2) is 4.14. The summed E-state index contributed by atoms with van der Waals surface area (Å²) in [6.07, 6.45) is 2.04. The van der Waals surface area contributed by atoms with Crippen LogP contribution in [0.2, 0.25) is 0 Å². The average molecular weight is 200 g/mol. The summed E-state index contributed by atoms with van der Waals surface area (Å²) in [4.78, 5) is 11.4. The SMILES string of the molecule is N#Cc1cccc(CNC(=O)C2CC2)c1. The summed E-state index contributed by atoms with van der Waals surface area (Å²) in [6.45, 7) is 0.519. The highest BCUT2D eigenvalue weighted by Crippen LogP contribution is 2.28. The second-order valence-corrected chi connectivity index (χ2v) is 3.80. The molecule has 0 atom stereocenters. The Morgan fingerprint density at radius 1 is 1.53 bits per heavy atom. The molecule has 1 aromatic rings. The topological polar surface area (TPSA) is 52.9 Å². The molecule has 76 valence electrons. The first kappa shape index (κ1) is 9.72. The van der Waals surface area contributed by atoms with Gasteiger partial charge in [-0.05, 0) is 30.5 Å². The standard InChI is InChI=1S/C12H12N2O/c13-7-9-2-1-3-10(6-9)8-14-12(15)11-4-5-11/h1-3,6,11H,4-5,8H2,(H,14,15). The molecule has 3 heteroatoms. The molecule has 0 heterocycles. The van der Waals surface area contributed by atoms with Crippen LogP contribution in [0.4, 0.5) is 0 Å². The number of rotatable bonds is 3. The quantitative estimate of drug-likeness (QED) is 0.805. The molecular weight excluding hydrogens is 188 g/mol. The van der Waals surface area contributed by atoms with Crippen molar-refractivity contribution in [1.82, 2.24) is 5.32 Å². The Bertz CT molecular complexity index is 416. The van der Waals surface area contributed by atoms with E-state index in [1.807, 2.05) is 12.1 Å². The van der Waals surface area contributed by atoms with Crippen molar-refractivity contribution in [3.8, 4) is 6.07 Å². The maximum atomic E-state index is 11.4. The maximum Gasteiger partial charge on any atom is 0.223 e. The fraction of sp³-hybridized carbons (Fsp3) is 0.333. The third-order valence-corrected chi connectivity index (χ3v) is 2.47. The van der Waals surface area contributed by atoms with Crippen LogP contribution < -0.4 is 5.32 Å². The zero-order valence-electron chi connectivity index (χ0n) is 8.36. The number of carbonyl (C=O) groups is 1. The van der Waals surface area contributed by atoms with E-state index in [9.17, 15) is 4.79 Å². The number of hydrogen-bond donors (Lipinski definition) is 1. The number of nitrogens with one attached hydrogen (secondary N) is 1. The van der Waals surface area contributed by atoms with Crippen LogP contribution in [0.5, 0.6) is 0 Å². The van der Waals surface area contributed by atoms with Crippen molar-refractivity contribution >= 4 is 5.91 Å². The predicted octanol–water partition coefficient (Wildman–Crippen LogP) is 1.58. The van der Waals surface area contributed by atoms with Gasteiger partial charge in [0.1, 0.15) is 0 Å². The molecule has 0 radical (unpaired) electrons. The van der Waals surface area contributed by atoms with Gasteiger partial charge in [0.25, 0.3) is 0 Å². The van der Waals surface area contributed by atoms with Gasteiger partial charge in [0.15, 0.2) is 0 Å². The van der Waals surface area contributed by atoms with E-state index in [0.29, 0.717) is 12.1 Å². The molecular formula is C12H12N2O. The van der Waals surface area contributed by atoms with E-state index < -0.39 is 0 Å². The highest BCUT2D eigenvalue weighted by atomic mass is 16.2. The molecule has 3 nitrogen and oxygen atoms in total. The molecule has 1 aliphatic rings. The lowest BCUT2D eigenvalue weighted by molar-refractivity contribution is -0.122. The van der Waals surface area contributed by atoms with Crippen molar-refractivity contribution < 1.29 is 4.79 Å². The molecule has 1 amide bonds. The summed E-state index contributed by atoms with van der Waals surface area (Å²) in [6, 6.07) is 9.37. The predicted molar refractivity (Wildman–Crippen MR) is 55.7 cm³/mol. The summed E-state index contributed by atoms with van der Waals surface area (Å²) < 4.78 is 0. The van der Waals surface area contributed by atoms with Crippen molar-refractivity contribution in [3.05, 3.63) is 35.4 Å². The van der Waals surface area contributed by atoms with Crippen LogP contribution in [0.25, 0.3) is 0 Å². The van der Waals surface area contributed by atoms with Crippen molar-refractivity contribution in [2.75, 3.05) is 0 Å². The first-order chi connectivity index (χ1) is 7.29. The Morgan fingerprint density at radius 2 is 2.33 bits per heavy atom. The number of nitrogens with zero attached hydrogens (tertiary/aromatic N) is 1. The largest absolute Gasteiger partial charge is 0.352 e. The van der Waals surface area contributed by atoms with E-state index in [0.717, 1.165) is 18.4 Å². The van der Waals surface area contributed by atoms with Crippen LogP contribution in [0, 0.1) is 17.2 Å². The van der Waals surface area contributed by atoms with Gasteiger partial charge in [-0.3, -0.25) is 4.79 Å². The fourth-order valence-corrected chi connectivity index (χ4v) is 1.43. The van der Waals surface area contributed by atoms with Gasteiger partial charge in [0.05, 0.1) is 11.6 Å². The number of hydrogen-bond acceptors (Lipinski definition) is 2. The van der Waals surface area contributed by atoms with E-state index in [1.165, 1.54) is 0 Å². The molecule has 1 aliphatic carbocycles. The summed E-state index contributed by atoms with van der Waals surface area (Å²) in [5, 5.41) is 11.6. The van der Waals surface area contributed by atoms with E-state index in [4.69, 9.17) is 5.26 Å². The summed E-state index contributed by atoms with van der Waals surface area (Å²) >= 11 is 0. The zero-order chi connectivity index (χ0) is 10.7. The molecule has 1 N–H and O–H groups in total. The van der Waals surface area contributed by atoms with Crippen molar-refractivity contribution in [1.29, 1.82) is 5.26 Å². The molecule has 1 fully saturated rings. The number of benzene rings is 1. The van der Waals surface area contributed by atoms with Crippen LogP contribution in [-0.4, -0.2) is 5.91 Å². The molecule has 0 bridgehead atoms. The summed E-state index contributed by atoms with van der Waals surface area (Å²) in [7, 11) is 0. The van der Waals surface area contributed by atoms with Crippen LogP contribution in [0.3, 0.4) is 0 Å². The highest BCUT2D eigenvalue weighted by molar-refractivity contribution is 5.80. The summed E-state index contributed by atoms with van der Waals surface area (Å²) in [5.74, 6) is 0.376. The fourth-order valence-electron chi connectivity index (χ4n) is 1.43. The normalized spacial score (nSPS) is 14.3. The van der Waals surface area contributed by atoms with Gasteiger partial charge in [-0.1, -0.05) is 12.1 Å². The van der Waals surface area contributed by atoms with Crippen LogP contribution >= 0.6 is 0 Å². The summed E-state index contributed by atoms with van der Waals surface area (Å²) in [5.41, 5.74) is 1.61. The number of carbonyl (C=O) groups excluding carboxylic acids is 1. The molecule has 0 aromatic heterocycles. The van der Waals surface area contributed by atoms with Crippen molar-refractivity contribution in [2.24, 2.45) is 5.92 Å². The molecule has 0 aliphatic heterocycles. The molecule has 0 unspecified atom stereocenters. The highest BCUT2D eigenvalue weighted by Gasteiger charge is 2.29. The van der Waals surface area contributed by atoms with E-state index in [1.54, 1.807) is 12.1 Å². The molecule has 1 saturated carbocycles. The molecule has 0 spiro atoms. The van der Waals surface area contributed by atoms with Gasteiger partial charge in [0.2, 0.25) is 5.91 Å². The lowest BCUT2D eigenvalue weighted by Gasteiger charge is -2.04. The second-order valence-electron chi connectivity index (χ2n) is 3.80. The molecule has 0 saturated heterocycles. The Kier molecular flexibility index (Phi) is 2.68. The van der Waals surface area contributed by atoms with Gasteiger partial charge >= 0.3 is 0 Å². The van der Waals surface area contributed by atoms with Crippen LogP contribution in [-0.2, 0) is 11.3 Å². The molecule has 1 aromatic carbocycles. The Balaban J connectivity index is 1.92. The average Bonchev–Trinajstić information content (AvgIpc) is 3.10. The van der Waals surface area contributed by atoms with Gasteiger partial charge in [-0.15, -0.1) is 0 Å². The lowest BCUT2D eigenvalue weighted by atomic mass is 10.1. The van der Waals surface area contributed by atoms with Crippen molar-refractivity contribution in [2.45, 2.75) is 19.4 Å². The molecule has 15 heavy (non-hydrogen) atoms. The van der Waals surface area contributed by atoms with Crippen molar-refractivity contribution in [3.63, 3.8) is 0 Å². The minimum absolute atomic E-state index is 0.136. The van der Waals surface area contributed by atoms with Crippen LogP contribution in [0.1, 0.15) is 24.0 Å². The van der Waals surface area contributed by atoms with Crippen LogP contribution in [0.15, 0.2) is 24.3 Å². The Morgan fingerprint density at radius 3 is 3.00 bits per heavy atom. The van der Waals surface area contributed by atoms with Gasteiger partial charge in [-0.2, -0.15) is 5.26 Å². The van der Waals surface area contributed by atoms with E-state index in [2.05, 4.69) is 11.4 Å². The van der Waals surface area contributed by atoms with E-state index in [-0.39, 0.29) is 11.8 Å². The van der Waals surface area contributed by atoms with Gasteiger partial charge in [-0.25, -0.2) is 0 Å². The first-order valence-electron chi connectivity index (χ1n) is 5.06. The third-order valence-electron chi connectivity index (χ3n) is 2.47. The Labute approximate surface area is 88.7 Å². The minimum atomic E-state index is 0.136. The molecule has 2 rings (SSSR count). The number of amides is 1. The smallest absolute Gasteiger partial charge is 0.223 e. The minimum Gasteiger partial charge on any atom is -0.352 e. The first-order valence-corrected chi connectivity index (χ1v) is 5.06. The van der Waals surface area contributed by atoms with Gasteiger partial charge < -0.3 is 5.32 Å². The zero-order valence-corrected chi connectivity index (χ0v) is 8.36. The monoisotopic (exact) mass is 200 g/mol. The number of nitriles is 1. The van der Waals surface area contributed by atoms with Gasteiger partial charge in [0, 0.05) is 12.5 Å². The lowest BCUT2D eigenvalue weighted by Crippen LogP contribution is -2.24. The van der Waals surface area contributed by atoms with E-state index >= 15 is 0 Å². The maximum absolute atomic E-state index is 11.4. The Hall–Kier alpha value is -1.82. The third kappa shape index (κ3) is 2.57.